The second kappa shape index (κ2) is 6.42. The van der Waals surface area contributed by atoms with E-state index in [-0.39, 0.29) is 5.91 Å². The lowest BCUT2D eigenvalue weighted by molar-refractivity contribution is 0.0966. The molecule has 4 nitrogen and oxygen atoms in total. The largest absolute Gasteiger partial charge is 0.397 e. The van der Waals surface area contributed by atoms with Crippen LogP contribution in [0.4, 0.5) is 5.69 Å². The van der Waals surface area contributed by atoms with Gasteiger partial charge in [-0.2, -0.15) is 0 Å². The summed E-state index contributed by atoms with van der Waals surface area (Å²) in [5.74, 6) is 0.00261. The summed E-state index contributed by atoms with van der Waals surface area (Å²) >= 11 is 1.46. The van der Waals surface area contributed by atoms with Gasteiger partial charge in [-0.15, -0.1) is 11.3 Å². The van der Waals surface area contributed by atoms with Crippen LogP contribution in [-0.4, -0.2) is 15.5 Å². The van der Waals surface area contributed by atoms with E-state index in [0.717, 1.165) is 47.8 Å². The van der Waals surface area contributed by atoms with Gasteiger partial charge in [-0.1, -0.05) is 18.2 Å². The number of carbonyl (C=O) groups excluding carboxylic acids is 1. The third-order valence-corrected chi connectivity index (χ3v) is 7.68. The van der Waals surface area contributed by atoms with Crippen molar-refractivity contribution in [2.24, 2.45) is 0 Å². The third-order valence-electron chi connectivity index (χ3n) is 6.58. The zero-order valence-corrected chi connectivity index (χ0v) is 17.1. The Labute approximate surface area is 173 Å². The SMILES string of the molecule is Nc1c(C(=O)n2c3c(c4ccccc42)CCCC3)sc2nc3c(cc12)CCCC3. The number of para-hydroxylation sites is 1. The van der Waals surface area contributed by atoms with E-state index in [2.05, 4.69) is 24.3 Å². The average molecular weight is 402 g/mol. The summed E-state index contributed by atoms with van der Waals surface area (Å²) in [6.45, 7) is 0. The molecule has 0 saturated carbocycles. The molecule has 3 aromatic heterocycles. The Hall–Kier alpha value is -2.66. The Bertz CT molecular complexity index is 1300. The van der Waals surface area contributed by atoms with Gasteiger partial charge in [0.1, 0.15) is 9.71 Å². The highest BCUT2D eigenvalue weighted by Gasteiger charge is 2.27. The van der Waals surface area contributed by atoms with Gasteiger partial charge in [0.25, 0.3) is 5.91 Å². The number of hydrogen-bond acceptors (Lipinski definition) is 4. The minimum Gasteiger partial charge on any atom is -0.397 e. The summed E-state index contributed by atoms with van der Waals surface area (Å²) in [6, 6.07) is 10.5. The second-order valence-corrected chi connectivity index (χ2v) is 9.29. The molecule has 0 unspecified atom stereocenters. The fraction of sp³-hybridized carbons (Fsp3) is 0.333. The first kappa shape index (κ1) is 17.2. The highest BCUT2D eigenvalue weighted by molar-refractivity contribution is 7.21. The molecule has 0 bridgehead atoms. The van der Waals surface area contributed by atoms with E-state index in [1.165, 1.54) is 58.5 Å². The standard InChI is InChI=1S/C24H23N3OS/c25-21-17-13-14-7-1-4-10-18(14)26-23(17)29-22(21)24(28)27-19-11-5-2-8-15(19)16-9-3-6-12-20(16)27/h2,5,8,11,13H,1,3-4,6-7,9-10,12,25H2. The first-order chi connectivity index (χ1) is 14.2. The molecule has 0 spiro atoms. The Morgan fingerprint density at radius 3 is 2.72 bits per heavy atom. The van der Waals surface area contributed by atoms with E-state index in [1.807, 2.05) is 10.6 Å². The number of anilines is 1. The van der Waals surface area contributed by atoms with Crippen molar-refractivity contribution in [2.75, 3.05) is 5.73 Å². The lowest BCUT2D eigenvalue weighted by Gasteiger charge is -2.15. The summed E-state index contributed by atoms with van der Waals surface area (Å²) in [5, 5.41) is 2.16. The minimum atomic E-state index is 0.00261. The number of rotatable bonds is 1. The lowest BCUT2D eigenvalue weighted by Crippen LogP contribution is -2.17. The Morgan fingerprint density at radius 2 is 1.79 bits per heavy atom. The average Bonchev–Trinajstić information content (AvgIpc) is 3.27. The number of nitrogens with two attached hydrogens (primary N) is 1. The van der Waals surface area contributed by atoms with Crippen LogP contribution in [0.15, 0.2) is 30.3 Å². The van der Waals surface area contributed by atoms with Crippen LogP contribution in [0, 0.1) is 0 Å². The summed E-state index contributed by atoms with van der Waals surface area (Å²) in [4.78, 5) is 20.2. The van der Waals surface area contributed by atoms with Gasteiger partial charge in [-0.25, -0.2) is 4.98 Å². The van der Waals surface area contributed by atoms with Crippen LogP contribution < -0.4 is 5.73 Å². The number of nitrogens with zero attached hydrogens (tertiary/aromatic N) is 2. The molecule has 2 N–H and O–H groups in total. The van der Waals surface area contributed by atoms with Crippen molar-refractivity contribution in [3.63, 3.8) is 0 Å². The lowest BCUT2D eigenvalue weighted by atomic mass is 9.95. The fourth-order valence-corrected chi connectivity index (χ4v) is 6.17. The molecule has 6 rings (SSSR count). The number of nitrogen functional groups attached to an aromatic ring is 1. The van der Waals surface area contributed by atoms with Crippen LogP contribution in [-0.2, 0) is 25.7 Å². The van der Waals surface area contributed by atoms with Gasteiger partial charge >= 0.3 is 0 Å². The highest BCUT2D eigenvalue weighted by Crippen LogP contribution is 2.38. The van der Waals surface area contributed by atoms with Gasteiger partial charge in [-0.05, 0) is 74.6 Å². The van der Waals surface area contributed by atoms with E-state index in [1.54, 1.807) is 0 Å². The second-order valence-electron chi connectivity index (χ2n) is 8.29. The highest BCUT2D eigenvalue weighted by atomic mass is 32.1. The molecular formula is C24H23N3OS. The molecule has 5 heteroatoms. The maximum atomic E-state index is 13.8. The zero-order chi connectivity index (χ0) is 19.5. The molecule has 2 aliphatic carbocycles. The molecule has 0 atom stereocenters. The smallest absolute Gasteiger partial charge is 0.274 e. The normalized spacial score (nSPS) is 16.1. The summed E-state index contributed by atoms with van der Waals surface area (Å²) in [6.07, 6.45) is 8.81. The molecule has 146 valence electrons. The van der Waals surface area contributed by atoms with Crippen LogP contribution in [0.25, 0.3) is 21.1 Å². The van der Waals surface area contributed by atoms with E-state index in [9.17, 15) is 4.79 Å². The van der Waals surface area contributed by atoms with Crippen LogP contribution >= 0.6 is 11.3 Å². The quantitative estimate of drug-likeness (QED) is 0.472. The molecule has 3 heterocycles. The predicted octanol–water partition coefficient (Wildman–Crippen LogP) is 5.28. The number of aromatic nitrogens is 2. The van der Waals surface area contributed by atoms with Crippen LogP contribution in [0.2, 0.25) is 0 Å². The molecular weight excluding hydrogens is 378 g/mol. The van der Waals surface area contributed by atoms with Crippen molar-refractivity contribution in [3.8, 4) is 0 Å². The fourth-order valence-electron chi connectivity index (χ4n) is 5.15. The van der Waals surface area contributed by atoms with Gasteiger partial charge < -0.3 is 5.73 Å². The number of fused-ring (bicyclic) bond motifs is 5. The number of benzene rings is 1. The number of aryl methyl sites for hydroxylation is 3. The zero-order valence-electron chi connectivity index (χ0n) is 16.3. The van der Waals surface area contributed by atoms with Gasteiger partial charge in [0.15, 0.2) is 0 Å². The van der Waals surface area contributed by atoms with E-state index < -0.39 is 0 Å². The first-order valence-corrected chi connectivity index (χ1v) is 11.4. The Morgan fingerprint density at radius 1 is 1.00 bits per heavy atom. The van der Waals surface area contributed by atoms with Gasteiger partial charge in [0.2, 0.25) is 0 Å². The topological polar surface area (TPSA) is 60.9 Å². The van der Waals surface area contributed by atoms with E-state index in [4.69, 9.17) is 10.7 Å². The third kappa shape index (κ3) is 2.50. The number of pyridine rings is 1. The summed E-state index contributed by atoms with van der Waals surface area (Å²) in [5.41, 5.74) is 13.1. The Balaban J connectivity index is 1.56. The van der Waals surface area contributed by atoms with Crippen LogP contribution in [0.3, 0.4) is 0 Å². The van der Waals surface area contributed by atoms with Crippen molar-refractivity contribution in [2.45, 2.75) is 51.4 Å². The van der Waals surface area contributed by atoms with Crippen molar-refractivity contribution in [1.82, 2.24) is 9.55 Å². The number of hydrogen-bond donors (Lipinski definition) is 1. The minimum absolute atomic E-state index is 0.00261. The van der Waals surface area contributed by atoms with Crippen molar-refractivity contribution >= 4 is 44.1 Å². The molecule has 2 aliphatic rings. The molecule has 0 aliphatic heterocycles. The van der Waals surface area contributed by atoms with E-state index in [0.29, 0.717) is 10.6 Å². The Kier molecular flexibility index (Phi) is 3.81. The predicted molar refractivity (Wildman–Crippen MR) is 119 cm³/mol. The molecule has 0 radical (unpaired) electrons. The molecule has 0 saturated heterocycles. The van der Waals surface area contributed by atoms with Gasteiger partial charge in [-0.3, -0.25) is 9.36 Å². The van der Waals surface area contributed by atoms with Crippen molar-refractivity contribution < 1.29 is 4.79 Å². The molecule has 0 fully saturated rings. The van der Waals surface area contributed by atoms with Gasteiger partial charge in [0, 0.05) is 22.2 Å². The van der Waals surface area contributed by atoms with Crippen LogP contribution in [0.1, 0.15) is 57.9 Å². The molecule has 29 heavy (non-hydrogen) atoms. The van der Waals surface area contributed by atoms with E-state index >= 15 is 0 Å². The number of thiophene rings is 1. The summed E-state index contributed by atoms with van der Waals surface area (Å²) in [7, 11) is 0. The molecule has 0 amide bonds. The summed E-state index contributed by atoms with van der Waals surface area (Å²) < 4.78 is 1.94. The van der Waals surface area contributed by atoms with Gasteiger partial charge in [0.05, 0.1) is 11.2 Å². The molecule has 1 aromatic carbocycles. The van der Waals surface area contributed by atoms with Crippen LogP contribution in [0.5, 0.6) is 0 Å². The van der Waals surface area contributed by atoms with Crippen molar-refractivity contribution in [1.29, 1.82) is 0 Å². The maximum absolute atomic E-state index is 13.8. The van der Waals surface area contributed by atoms with Crippen molar-refractivity contribution in [3.05, 3.63) is 57.7 Å². The first-order valence-electron chi connectivity index (χ1n) is 10.6. The monoisotopic (exact) mass is 401 g/mol. The molecule has 4 aromatic rings. The number of carbonyl (C=O) groups is 1. The maximum Gasteiger partial charge on any atom is 0.274 e.